The lowest BCUT2D eigenvalue weighted by Gasteiger charge is -2.10. The number of hydrogen-bond acceptors (Lipinski definition) is 6. The second-order valence-electron chi connectivity index (χ2n) is 4.36. The van der Waals surface area contributed by atoms with Crippen molar-refractivity contribution in [3.05, 3.63) is 24.3 Å². The molecular weight excluding hydrogens is 306 g/mol. The van der Waals surface area contributed by atoms with E-state index in [1.807, 2.05) is 19.1 Å². The average molecular weight is 323 g/mol. The SMILES string of the molecule is CCOc1ccccc1NC(=O)CCSc1c([O-])on[n+]1C. The molecule has 1 amide bonds. The molecular formula is C14H17N3O4S. The van der Waals surface area contributed by atoms with E-state index in [0.29, 0.717) is 28.8 Å². The summed E-state index contributed by atoms with van der Waals surface area (Å²) in [5.41, 5.74) is 0.638. The van der Waals surface area contributed by atoms with Crippen LogP contribution in [0.15, 0.2) is 33.8 Å². The quantitative estimate of drug-likeness (QED) is 0.606. The Balaban J connectivity index is 1.86. The van der Waals surface area contributed by atoms with E-state index in [2.05, 4.69) is 15.1 Å². The number of ether oxygens (including phenoxy) is 1. The third kappa shape index (κ3) is 4.14. The highest BCUT2D eigenvalue weighted by Crippen LogP contribution is 2.25. The maximum absolute atomic E-state index is 12.0. The number of anilines is 1. The van der Waals surface area contributed by atoms with Crippen LogP contribution in [0.4, 0.5) is 5.69 Å². The predicted octanol–water partition coefficient (Wildman–Crippen LogP) is 1.09. The molecule has 1 N–H and O–H groups in total. The number of benzene rings is 1. The second-order valence-corrected chi connectivity index (χ2v) is 5.45. The number of thioether (sulfide) groups is 1. The van der Waals surface area contributed by atoms with Gasteiger partial charge in [0.25, 0.3) is 5.03 Å². The minimum absolute atomic E-state index is 0.147. The smallest absolute Gasteiger partial charge is 0.290 e. The first-order chi connectivity index (χ1) is 10.6. The summed E-state index contributed by atoms with van der Waals surface area (Å²) in [4.78, 5) is 12.0. The number of rotatable bonds is 7. The summed E-state index contributed by atoms with van der Waals surface area (Å²) in [5.74, 6) is 0.450. The van der Waals surface area contributed by atoms with Crippen molar-refractivity contribution in [2.45, 2.75) is 18.4 Å². The Morgan fingerprint density at radius 3 is 2.95 bits per heavy atom. The molecule has 0 unspecified atom stereocenters. The largest absolute Gasteiger partial charge is 0.538 e. The molecule has 1 aromatic heterocycles. The molecule has 0 fully saturated rings. The van der Waals surface area contributed by atoms with Crippen molar-refractivity contribution in [1.82, 2.24) is 5.27 Å². The van der Waals surface area contributed by atoms with Gasteiger partial charge in [-0.05, 0) is 19.1 Å². The van der Waals surface area contributed by atoms with Crippen LogP contribution in [-0.4, -0.2) is 23.5 Å². The summed E-state index contributed by atoms with van der Waals surface area (Å²) in [7, 11) is 1.62. The maximum atomic E-state index is 12.0. The summed E-state index contributed by atoms with van der Waals surface area (Å²) in [6.07, 6.45) is 0.260. The zero-order chi connectivity index (χ0) is 15.9. The standard InChI is InChI=1S/C14H17N3O4S/c1-3-20-11-7-5-4-6-10(11)15-12(18)8-9-22-13-14(19)21-16-17(13)2/h4-7H,3,8-9H2,1-2H3,(H-,15,16,18,19). The molecule has 0 aliphatic rings. The lowest BCUT2D eigenvalue weighted by molar-refractivity contribution is -0.772. The van der Waals surface area contributed by atoms with Gasteiger partial charge in [0.1, 0.15) is 5.75 Å². The molecule has 1 heterocycles. The van der Waals surface area contributed by atoms with Crippen LogP contribution in [0.3, 0.4) is 0 Å². The molecule has 0 spiro atoms. The van der Waals surface area contributed by atoms with Crippen LogP contribution in [0.2, 0.25) is 0 Å². The first-order valence-corrected chi connectivity index (χ1v) is 7.77. The van der Waals surface area contributed by atoms with Gasteiger partial charge in [-0.2, -0.15) is 0 Å². The molecule has 0 atom stereocenters. The number of carbonyl (C=O) groups is 1. The van der Waals surface area contributed by atoms with E-state index >= 15 is 0 Å². The number of aromatic nitrogens is 2. The first kappa shape index (κ1) is 16.2. The van der Waals surface area contributed by atoms with Crippen molar-refractivity contribution < 1.29 is 23.8 Å². The summed E-state index contributed by atoms with van der Waals surface area (Å²) in [6, 6.07) is 7.26. The van der Waals surface area contributed by atoms with Gasteiger partial charge in [0.05, 0.1) is 17.6 Å². The molecule has 1 aromatic carbocycles. The molecule has 0 bridgehead atoms. The number of amides is 1. The first-order valence-electron chi connectivity index (χ1n) is 6.79. The average Bonchev–Trinajstić information content (AvgIpc) is 2.81. The van der Waals surface area contributed by atoms with Gasteiger partial charge in [-0.3, -0.25) is 4.79 Å². The molecule has 0 saturated carbocycles. The maximum Gasteiger partial charge on any atom is 0.290 e. The van der Waals surface area contributed by atoms with Gasteiger partial charge >= 0.3 is 0 Å². The summed E-state index contributed by atoms with van der Waals surface area (Å²) in [6.45, 7) is 2.41. The fourth-order valence-corrected chi connectivity index (χ4v) is 2.62. The Labute approximate surface area is 132 Å². The fourth-order valence-electron chi connectivity index (χ4n) is 1.76. The number of aryl methyl sites for hydroxylation is 1. The molecule has 22 heavy (non-hydrogen) atoms. The number of carbonyl (C=O) groups excluding carboxylic acids is 1. The number of nitrogens with one attached hydrogen (secondary N) is 1. The van der Waals surface area contributed by atoms with Gasteiger partial charge in [-0.1, -0.05) is 28.6 Å². The minimum Gasteiger partial charge on any atom is -0.538 e. The van der Waals surface area contributed by atoms with Gasteiger partial charge in [-0.15, -0.1) is 0 Å². The second kappa shape index (κ2) is 7.69. The monoisotopic (exact) mass is 323 g/mol. The van der Waals surface area contributed by atoms with Crippen molar-refractivity contribution in [2.75, 3.05) is 17.7 Å². The van der Waals surface area contributed by atoms with Gasteiger partial charge in [0, 0.05) is 12.2 Å². The van der Waals surface area contributed by atoms with E-state index < -0.39 is 5.95 Å². The molecule has 0 saturated heterocycles. The predicted molar refractivity (Wildman–Crippen MR) is 78.7 cm³/mol. The van der Waals surface area contributed by atoms with Crippen LogP contribution in [0.1, 0.15) is 13.3 Å². The molecule has 2 rings (SSSR count). The molecule has 0 aliphatic carbocycles. The molecule has 2 aromatic rings. The summed E-state index contributed by atoms with van der Waals surface area (Å²) >= 11 is 1.24. The number of nitrogens with zero attached hydrogens (tertiary/aromatic N) is 2. The van der Waals surface area contributed by atoms with Crippen LogP contribution < -0.4 is 19.8 Å². The van der Waals surface area contributed by atoms with Crippen LogP contribution >= 0.6 is 11.8 Å². The van der Waals surface area contributed by atoms with Gasteiger partial charge in [-0.25, -0.2) is 0 Å². The zero-order valence-electron chi connectivity index (χ0n) is 12.4. The van der Waals surface area contributed by atoms with Crippen LogP contribution in [0.5, 0.6) is 11.7 Å². The van der Waals surface area contributed by atoms with Crippen molar-refractivity contribution >= 4 is 23.4 Å². The third-order valence-corrected chi connectivity index (χ3v) is 3.86. The van der Waals surface area contributed by atoms with Crippen molar-refractivity contribution in [3.8, 4) is 11.7 Å². The van der Waals surface area contributed by atoms with E-state index in [-0.39, 0.29) is 12.3 Å². The zero-order valence-corrected chi connectivity index (χ0v) is 13.2. The van der Waals surface area contributed by atoms with E-state index in [4.69, 9.17) is 4.74 Å². The summed E-state index contributed by atoms with van der Waals surface area (Å²) < 4.78 is 11.3. The van der Waals surface area contributed by atoms with Crippen molar-refractivity contribution in [1.29, 1.82) is 0 Å². The fraction of sp³-hybridized carbons (Fsp3) is 0.357. The van der Waals surface area contributed by atoms with Crippen LogP contribution in [-0.2, 0) is 11.8 Å². The Morgan fingerprint density at radius 2 is 2.27 bits per heavy atom. The Bertz CT molecular complexity index is 625. The summed E-state index contributed by atoms with van der Waals surface area (Å²) in [5, 5.41) is 18.0. The van der Waals surface area contributed by atoms with E-state index in [1.165, 1.54) is 16.4 Å². The minimum atomic E-state index is -0.491. The van der Waals surface area contributed by atoms with Gasteiger partial charge < -0.3 is 19.7 Å². The molecule has 8 heteroatoms. The number of hydrogen-bond donors (Lipinski definition) is 1. The Kier molecular flexibility index (Phi) is 5.65. The lowest BCUT2D eigenvalue weighted by atomic mass is 10.3. The molecule has 0 aliphatic heterocycles. The number of para-hydroxylation sites is 2. The van der Waals surface area contributed by atoms with E-state index in [9.17, 15) is 9.90 Å². The molecule has 7 nitrogen and oxygen atoms in total. The third-order valence-electron chi connectivity index (χ3n) is 2.74. The van der Waals surface area contributed by atoms with E-state index in [0.717, 1.165) is 0 Å². The van der Waals surface area contributed by atoms with Crippen LogP contribution in [0, 0.1) is 0 Å². The van der Waals surface area contributed by atoms with Crippen molar-refractivity contribution in [3.63, 3.8) is 0 Å². The lowest BCUT2D eigenvalue weighted by Crippen LogP contribution is -2.32. The highest BCUT2D eigenvalue weighted by molar-refractivity contribution is 7.99. The molecule has 118 valence electrons. The topological polar surface area (TPSA) is 91.3 Å². The Hall–Kier alpha value is -2.22. The van der Waals surface area contributed by atoms with E-state index in [1.54, 1.807) is 19.2 Å². The van der Waals surface area contributed by atoms with Gasteiger partial charge in [0.2, 0.25) is 5.91 Å². The highest BCUT2D eigenvalue weighted by atomic mass is 32.2. The molecule has 0 radical (unpaired) electrons. The van der Waals surface area contributed by atoms with Crippen LogP contribution in [0.25, 0.3) is 0 Å². The van der Waals surface area contributed by atoms with Gasteiger partial charge in [0.15, 0.2) is 13.0 Å². The Morgan fingerprint density at radius 1 is 1.50 bits per heavy atom. The normalized spacial score (nSPS) is 10.5. The highest BCUT2D eigenvalue weighted by Gasteiger charge is 2.15. The van der Waals surface area contributed by atoms with Crippen molar-refractivity contribution in [2.24, 2.45) is 7.05 Å².